The van der Waals surface area contributed by atoms with Crippen LogP contribution < -0.4 is 11.4 Å². The molecule has 0 saturated heterocycles. The van der Waals surface area contributed by atoms with Crippen LogP contribution in [-0.4, -0.2) is 13.9 Å². The summed E-state index contributed by atoms with van der Waals surface area (Å²) in [7, 11) is 0. The normalized spacial score (nSPS) is 31.6. The van der Waals surface area contributed by atoms with Crippen LogP contribution in [0.2, 0.25) is 0 Å². The maximum atomic E-state index is 12.8. The highest BCUT2D eigenvalue weighted by Crippen LogP contribution is 2.60. The smallest absolute Gasteiger partial charge is 0.245 e. The van der Waals surface area contributed by atoms with E-state index >= 15 is 0 Å². The largest absolute Gasteiger partial charge is 0.352 e. The molecule has 4 atom stereocenters. The lowest BCUT2D eigenvalue weighted by Crippen LogP contribution is -2.42. The topological polar surface area (TPSA) is 48.9 Å². The molecular weight excluding hydrogens is 266 g/mol. The van der Waals surface area contributed by atoms with Crippen LogP contribution in [0.3, 0.4) is 0 Å². The maximum absolute atomic E-state index is 12.8. The third kappa shape index (κ3) is 1.22. The van der Waals surface area contributed by atoms with Gasteiger partial charge in [0.15, 0.2) is 0 Å². The average Bonchev–Trinajstić information content (AvgIpc) is 3.24. The molecule has 1 aromatic heterocycles. The number of para-hydroxylation sites is 1. The maximum Gasteiger partial charge on any atom is 0.352 e. The average molecular weight is 281 g/mol. The van der Waals surface area contributed by atoms with Gasteiger partial charge in [-0.1, -0.05) is 29.8 Å². The Morgan fingerprint density at radius 2 is 1.71 bits per heavy atom. The van der Waals surface area contributed by atoms with Gasteiger partial charge in [0.1, 0.15) is 0 Å². The van der Waals surface area contributed by atoms with Crippen molar-refractivity contribution in [2.75, 3.05) is 0 Å². The van der Waals surface area contributed by atoms with Crippen molar-refractivity contribution in [1.29, 1.82) is 0 Å². The monoisotopic (exact) mass is 281 g/mol. The lowest BCUT2D eigenvalue weighted by atomic mass is 9.90. The van der Waals surface area contributed by atoms with E-state index < -0.39 is 0 Å². The number of aromatic nitrogens is 3. The van der Waals surface area contributed by atoms with Crippen molar-refractivity contribution in [3.8, 4) is 5.69 Å². The zero-order valence-electron chi connectivity index (χ0n) is 11.6. The Morgan fingerprint density at radius 3 is 2.48 bits per heavy atom. The number of benzene rings is 1. The second kappa shape index (κ2) is 3.47. The zero-order chi connectivity index (χ0) is 14.3. The molecule has 3 heterocycles. The van der Waals surface area contributed by atoms with Gasteiger partial charge in [0.25, 0.3) is 0 Å². The molecule has 0 spiro atoms. The van der Waals surface area contributed by atoms with E-state index in [4.69, 9.17) is 0 Å². The standard InChI is InChI=1S/C16H15N3O2/c1-9-7-13-11-8-12(11)14(9)19-16(21)17(15(20)18(13)19)10-5-3-2-4-6-10/h2-7,11-14H,8H2,1H3/t11-,12-,13+,14+/m1/s1. The van der Waals surface area contributed by atoms with Gasteiger partial charge in [-0.3, -0.25) is 0 Å². The molecule has 0 N–H and O–H groups in total. The van der Waals surface area contributed by atoms with Crippen molar-refractivity contribution < 1.29 is 0 Å². The summed E-state index contributed by atoms with van der Waals surface area (Å²) in [6.07, 6.45) is 3.30. The fraction of sp³-hybridized carbons (Fsp3) is 0.375. The fourth-order valence-corrected chi connectivity index (χ4v) is 4.24. The lowest BCUT2D eigenvalue weighted by Gasteiger charge is -2.35. The van der Waals surface area contributed by atoms with Crippen molar-refractivity contribution in [2.45, 2.75) is 25.4 Å². The molecule has 6 rings (SSSR count). The summed E-state index contributed by atoms with van der Waals surface area (Å²) in [5.41, 5.74) is 1.45. The number of hydrogen-bond donors (Lipinski definition) is 0. The van der Waals surface area contributed by atoms with E-state index in [1.165, 1.54) is 10.1 Å². The summed E-state index contributed by atoms with van der Waals surface area (Å²) < 4.78 is 4.68. The summed E-state index contributed by atoms with van der Waals surface area (Å²) in [4.78, 5) is 25.6. The molecule has 5 nitrogen and oxygen atoms in total. The van der Waals surface area contributed by atoms with E-state index in [1.807, 2.05) is 18.2 Å². The molecule has 106 valence electrons. The molecule has 2 aromatic rings. The molecule has 1 aromatic carbocycles. The van der Waals surface area contributed by atoms with Crippen molar-refractivity contribution in [3.63, 3.8) is 0 Å². The van der Waals surface area contributed by atoms with Gasteiger partial charge in [-0.05, 0) is 37.3 Å². The highest BCUT2D eigenvalue weighted by atomic mass is 16.2. The molecule has 2 aliphatic heterocycles. The van der Waals surface area contributed by atoms with E-state index in [0.717, 1.165) is 6.42 Å². The first-order chi connectivity index (χ1) is 10.2. The zero-order valence-corrected chi connectivity index (χ0v) is 11.6. The Labute approximate surface area is 120 Å². The van der Waals surface area contributed by atoms with Gasteiger partial charge in [0.05, 0.1) is 17.8 Å². The number of rotatable bonds is 1. The predicted octanol–water partition coefficient (Wildman–Crippen LogP) is 1.49. The summed E-state index contributed by atoms with van der Waals surface area (Å²) in [6, 6.07) is 9.31. The first kappa shape index (κ1) is 11.4. The number of nitrogens with zero attached hydrogens (tertiary/aromatic N) is 3. The molecule has 4 aliphatic rings. The highest BCUT2D eigenvalue weighted by Gasteiger charge is 2.57. The molecule has 2 aliphatic carbocycles. The third-order valence-corrected chi connectivity index (χ3v) is 5.20. The van der Waals surface area contributed by atoms with Crippen LogP contribution in [-0.2, 0) is 0 Å². The third-order valence-electron chi connectivity index (χ3n) is 5.20. The van der Waals surface area contributed by atoms with E-state index in [0.29, 0.717) is 17.5 Å². The van der Waals surface area contributed by atoms with Gasteiger partial charge < -0.3 is 0 Å². The summed E-state index contributed by atoms with van der Waals surface area (Å²) in [5.74, 6) is 1.09. The van der Waals surface area contributed by atoms with Gasteiger partial charge in [-0.15, -0.1) is 0 Å². The van der Waals surface area contributed by atoms with Crippen LogP contribution in [0.5, 0.6) is 0 Å². The summed E-state index contributed by atoms with van der Waals surface area (Å²) >= 11 is 0. The van der Waals surface area contributed by atoms with Crippen molar-refractivity contribution in [2.24, 2.45) is 11.8 Å². The number of allylic oxidation sites excluding steroid dienone is 2. The van der Waals surface area contributed by atoms with Crippen LogP contribution in [0.15, 0.2) is 51.6 Å². The molecule has 5 heteroatoms. The molecule has 1 saturated carbocycles. The molecule has 0 unspecified atom stereocenters. The Morgan fingerprint density at radius 1 is 1.00 bits per heavy atom. The number of hydrogen-bond acceptors (Lipinski definition) is 2. The van der Waals surface area contributed by atoms with Crippen molar-refractivity contribution >= 4 is 0 Å². The van der Waals surface area contributed by atoms with Gasteiger partial charge in [-0.25, -0.2) is 23.5 Å². The lowest BCUT2D eigenvalue weighted by molar-refractivity contribution is 0.230. The van der Waals surface area contributed by atoms with E-state index in [9.17, 15) is 9.59 Å². The minimum absolute atomic E-state index is 0.0603. The summed E-state index contributed by atoms with van der Waals surface area (Å²) in [5, 5.41) is 0. The summed E-state index contributed by atoms with van der Waals surface area (Å²) in [6.45, 7) is 2.08. The first-order valence-electron chi connectivity index (χ1n) is 7.38. The Bertz CT molecular complexity index is 900. The molecular formula is C16H15N3O2. The van der Waals surface area contributed by atoms with Gasteiger partial charge in [0, 0.05) is 0 Å². The van der Waals surface area contributed by atoms with Gasteiger partial charge in [-0.2, -0.15) is 0 Å². The van der Waals surface area contributed by atoms with E-state index in [2.05, 4.69) is 13.0 Å². The second-order valence-corrected chi connectivity index (χ2v) is 6.33. The van der Waals surface area contributed by atoms with E-state index in [1.54, 1.807) is 21.5 Å². The van der Waals surface area contributed by atoms with Crippen LogP contribution >= 0.6 is 0 Å². The van der Waals surface area contributed by atoms with Crippen LogP contribution in [0.1, 0.15) is 25.4 Å². The molecule has 0 amide bonds. The SMILES string of the molecule is CC1=C[C@H]2[C@@H]3C[C@H]3[C@H]1n1c(=O)n(-c3ccccc3)c(=O)n12. The molecule has 21 heavy (non-hydrogen) atoms. The molecule has 0 radical (unpaired) electrons. The Kier molecular flexibility index (Phi) is 1.88. The minimum Gasteiger partial charge on any atom is -0.245 e. The Balaban J connectivity index is 1.84. The van der Waals surface area contributed by atoms with Gasteiger partial charge >= 0.3 is 11.4 Å². The Hall–Kier alpha value is -2.30. The van der Waals surface area contributed by atoms with Crippen LogP contribution in [0, 0.1) is 11.8 Å². The van der Waals surface area contributed by atoms with Crippen molar-refractivity contribution in [3.05, 3.63) is 62.9 Å². The second-order valence-electron chi connectivity index (χ2n) is 6.33. The van der Waals surface area contributed by atoms with Crippen molar-refractivity contribution in [1.82, 2.24) is 13.9 Å². The quantitative estimate of drug-likeness (QED) is 0.744. The highest BCUT2D eigenvalue weighted by molar-refractivity contribution is 5.33. The predicted molar refractivity (Wildman–Crippen MR) is 77.7 cm³/mol. The van der Waals surface area contributed by atoms with Crippen LogP contribution in [0.4, 0.5) is 0 Å². The van der Waals surface area contributed by atoms with E-state index in [-0.39, 0.29) is 23.5 Å². The first-order valence-corrected chi connectivity index (χ1v) is 7.38. The minimum atomic E-state index is -0.213. The molecule has 1 fully saturated rings. The molecule has 2 bridgehead atoms. The fourth-order valence-electron chi connectivity index (χ4n) is 4.24. The van der Waals surface area contributed by atoms with Crippen LogP contribution in [0.25, 0.3) is 5.69 Å². The van der Waals surface area contributed by atoms with Gasteiger partial charge in [0.2, 0.25) is 0 Å².